The van der Waals surface area contributed by atoms with Crippen molar-refractivity contribution >= 4 is 29.5 Å². The van der Waals surface area contributed by atoms with E-state index in [4.69, 9.17) is 5.11 Å². The molecule has 0 saturated carbocycles. The van der Waals surface area contributed by atoms with Crippen LogP contribution in [0.2, 0.25) is 0 Å². The third-order valence-electron chi connectivity index (χ3n) is 1.43. The Labute approximate surface area is 68.8 Å². The van der Waals surface area contributed by atoms with Gasteiger partial charge in [0.05, 0.1) is 0 Å². The van der Waals surface area contributed by atoms with Crippen molar-refractivity contribution in [3.63, 3.8) is 0 Å². The van der Waals surface area contributed by atoms with Crippen LogP contribution < -0.4 is 0 Å². The molecular formula is C6H10O2S2. The first-order valence-corrected chi connectivity index (χ1v) is 5.27. The predicted molar refractivity (Wildman–Crippen MR) is 45.8 cm³/mol. The number of carbonyl (C=O) groups is 1. The van der Waals surface area contributed by atoms with Gasteiger partial charge in [-0.2, -0.15) is 11.8 Å². The lowest BCUT2D eigenvalue weighted by molar-refractivity contribution is -0.136. The molecule has 1 N–H and O–H groups in total. The molecule has 1 fully saturated rings. The zero-order valence-corrected chi connectivity index (χ0v) is 7.37. The summed E-state index contributed by atoms with van der Waals surface area (Å²) in [5.74, 6) is 1.41. The Hall–Kier alpha value is 0.170. The topological polar surface area (TPSA) is 37.3 Å². The van der Waals surface area contributed by atoms with Crippen molar-refractivity contribution in [2.75, 3.05) is 11.5 Å². The molecule has 0 spiro atoms. The number of rotatable bonds is 1. The van der Waals surface area contributed by atoms with Gasteiger partial charge in [-0.15, -0.1) is 11.8 Å². The zero-order valence-electron chi connectivity index (χ0n) is 5.74. The average molecular weight is 178 g/mol. The average Bonchev–Trinajstić information content (AvgIpc) is 1.88. The van der Waals surface area contributed by atoms with Crippen molar-refractivity contribution in [1.82, 2.24) is 0 Å². The van der Waals surface area contributed by atoms with Crippen LogP contribution in [0, 0.1) is 0 Å². The second kappa shape index (κ2) is 3.53. The van der Waals surface area contributed by atoms with Crippen LogP contribution in [0.15, 0.2) is 0 Å². The highest BCUT2D eigenvalue weighted by Gasteiger charge is 2.28. The number of hydrogen-bond donors (Lipinski definition) is 1. The molecule has 0 aromatic rings. The minimum absolute atomic E-state index is 0.182. The lowest BCUT2D eigenvalue weighted by Crippen LogP contribution is -2.30. The third-order valence-corrected chi connectivity index (χ3v) is 4.51. The Morgan fingerprint density at radius 1 is 1.50 bits per heavy atom. The zero-order chi connectivity index (χ0) is 7.56. The van der Waals surface area contributed by atoms with Gasteiger partial charge < -0.3 is 5.11 Å². The second-order valence-electron chi connectivity index (χ2n) is 2.21. The molecule has 1 rings (SSSR count). The molecule has 2 atom stereocenters. The Morgan fingerprint density at radius 2 is 2.10 bits per heavy atom. The van der Waals surface area contributed by atoms with Crippen molar-refractivity contribution in [3.05, 3.63) is 0 Å². The highest BCUT2D eigenvalue weighted by atomic mass is 32.2. The number of thioether (sulfide) groups is 2. The SMILES string of the molecule is CC1SCCSC1C(=O)O. The summed E-state index contributed by atoms with van der Waals surface area (Å²) in [5.41, 5.74) is 0. The number of carboxylic acids is 1. The Balaban J connectivity index is 2.47. The maximum Gasteiger partial charge on any atom is 0.317 e. The monoisotopic (exact) mass is 178 g/mol. The van der Waals surface area contributed by atoms with Gasteiger partial charge in [0.2, 0.25) is 0 Å². The van der Waals surface area contributed by atoms with Crippen LogP contribution in [0.3, 0.4) is 0 Å². The summed E-state index contributed by atoms with van der Waals surface area (Å²) in [7, 11) is 0. The van der Waals surface area contributed by atoms with Gasteiger partial charge in [-0.05, 0) is 0 Å². The van der Waals surface area contributed by atoms with Crippen LogP contribution in [0.25, 0.3) is 0 Å². The molecule has 10 heavy (non-hydrogen) atoms. The van der Waals surface area contributed by atoms with Gasteiger partial charge in [-0.3, -0.25) is 4.79 Å². The van der Waals surface area contributed by atoms with Gasteiger partial charge in [0, 0.05) is 16.8 Å². The summed E-state index contributed by atoms with van der Waals surface area (Å²) in [6.07, 6.45) is 0. The fourth-order valence-corrected chi connectivity index (χ4v) is 3.48. The fourth-order valence-electron chi connectivity index (χ4n) is 0.904. The smallest absolute Gasteiger partial charge is 0.317 e. The van der Waals surface area contributed by atoms with Crippen LogP contribution in [-0.2, 0) is 4.79 Å². The van der Waals surface area contributed by atoms with E-state index in [0.717, 1.165) is 11.5 Å². The largest absolute Gasteiger partial charge is 0.480 e. The van der Waals surface area contributed by atoms with E-state index in [1.54, 1.807) is 23.5 Å². The van der Waals surface area contributed by atoms with Gasteiger partial charge in [0.1, 0.15) is 5.25 Å². The van der Waals surface area contributed by atoms with Gasteiger partial charge >= 0.3 is 5.97 Å². The molecule has 2 nitrogen and oxygen atoms in total. The normalized spacial score (nSPS) is 33.7. The Kier molecular flexibility index (Phi) is 2.92. The molecule has 1 aliphatic rings. The van der Waals surface area contributed by atoms with E-state index in [9.17, 15) is 4.79 Å². The van der Waals surface area contributed by atoms with E-state index < -0.39 is 5.97 Å². The molecule has 4 heteroatoms. The summed E-state index contributed by atoms with van der Waals surface area (Å²) < 4.78 is 0. The molecule has 2 unspecified atom stereocenters. The Morgan fingerprint density at radius 3 is 2.50 bits per heavy atom. The molecule has 58 valence electrons. The summed E-state index contributed by atoms with van der Waals surface area (Å²) in [6, 6.07) is 0. The molecule has 0 bridgehead atoms. The van der Waals surface area contributed by atoms with Crippen molar-refractivity contribution < 1.29 is 9.90 Å². The minimum atomic E-state index is -0.662. The minimum Gasteiger partial charge on any atom is -0.480 e. The van der Waals surface area contributed by atoms with Crippen molar-refractivity contribution in [1.29, 1.82) is 0 Å². The third kappa shape index (κ3) is 1.83. The summed E-state index contributed by atoms with van der Waals surface area (Å²) in [6.45, 7) is 1.98. The predicted octanol–water partition coefficient (Wildman–Crippen LogP) is 1.31. The van der Waals surface area contributed by atoms with Gasteiger partial charge in [-0.25, -0.2) is 0 Å². The van der Waals surface area contributed by atoms with Crippen LogP contribution >= 0.6 is 23.5 Å². The van der Waals surface area contributed by atoms with E-state index in [2.05, 4.69) is 0 Å². The highest BCUT2D eigenvalue weighted by Crippen LogP contribution is 2.30. The lowest BCUT2D eigenvalue weighted by atomic mass is 10.3. The molecule has 0 amide bonds. The second-order valence-corrected chi connectivity index (χ2v) is 4.94. The number of aliphatic carboxylic acids is 1. The first-order valence-electron chi connectivity index (χ1n) is 3.18. The number of carboxylic acid groups (broad SMARTS) is 1. The van der Waals surface area contributed by atoms with E-state index in [1.165, 1.54) is 0 Å². The maximum atomic E-state index is 10.5. The summed E-state index contributed by atoms with van der Waals surface area (Å²) >= 11 is 3.31. The summed E-state index contributed by atoms with van der Waals surface area (Å²) in [5, 5.41) is 8.77. The van der Waals surface area contributed by atoms with E-state index in [1.807, 2.05) is 6.92 Å². The Bertz CT molecular complexity index is 138. The first-order chi connectivity index (χ1) is 4.72. The van der Waals surface area contributed by atoms with E-state index >= 15 is 0 Å². The molecular weight excluding hydrogens is 168 g/mol. The van der Waals surface area contributed by atoms with Gasteiger partial charge in [0.15, 0.2) is 0 Å². The van der Waals surface area contributed by atoms with E-state index in [-0.39, 0.29) is 10.5 Å². The van der Waals surface area contributed by atoms with Crippen molar-refractivity contribution in [2.24, 2.45) is 0 Å². The molecule has 1 saturated heterocycles. The van der Waals surface area contributed by atoms with Crippen LogP contribution in [0.1, 0.15) is 6.92 Å². The quantitative estimate of drug-likeness (QED) is 0.657. The fraction of sp³-hybridized carbons (Fsp3) is 0.833. The number of hydrogen-bond acceptors (Lipinski definition) is 3. The van der Waals surface area contributed by atoms with Crippen LogP contribution in [0.5, 0.6) is 0 Å². The molecule has 1 heterocycles. The van der Waals surface area contributed by atoms with E-state index in [0.29, 0.717) is 0 Å². The molecule has 0 aliphatic carbocycles. The van der Waals surface area contributed by atoms with Gasteiger partial charge in [-0.1, -0.05) is 6.92 Å². The van der Waals surface area contributed by atoms with Crippen molar-refractivity contribution in [3.8, 4) is 0 Å². The van der Waals surface area contributed by atoms with Crippen molar-refractivity contribution in [2.45, 2.75) is 17.4 Å². The lowest BCUT2D eigenvalue weighted by Gasteiger charge is -2.23. The maximum absolute atomic E-state index is 10.5. The van der Waals surface area contributed by atoms with Crippen LogP contribution in [0.4, 0.5) is 0 Å². The first kappa shape index (κ1) is 8.27. The molecule has 1 aliphatic heterocycles. The van der Waals surface area contributed by atoms with Crippen LogP contribution in [-0.4, -0.2) is 33.1 Å². The highest BCUT2D eigenvalue weighted by molar-refractivity contribution is 8.07. The molecule has 0 aromatic heterocycles. The molecule has 0 radical (unpaired) electrons. The summed E-state index contributed by atoms with van der Waals surface area (Å²) in [4.78, 5) is 10.5. The van der Waals surface area contributed by atoms with Gasteiger partial charge in [0.25, 0.3) is 0 Å². The standard InChI is InChI=1S/C6H10O2S2/c1-4-5(6(7)8)10-3-2-9-4/h4-5H,2-3H2,1H3,(H,7,8). The molecule has 0 aromatic carbocycles.